The first-order valence-corrected chi connectivity index (χ1v) is 11.4. The third-order valence-electron chi connectivity index (χ3n) is 6.05. The first-order valence-electron chi connectivity index (χ1n) is 11.4. The van der Waals surface area contributed by atoms with E-state index >= 15 is 0 Å². The minimum atomic E-state index is -0.285. The van der Waals surface area contributed by atoms with Crippen LogP contribution in [0.15, 0.2) is 35.4 Å². The van der Waals surface area contributed by atoms with Gasteiger partial charge in [0.15, 0.2) is 17.3 Å². The summed E-state index contributed by atoms with van der Waals surface area (Å²) >= 11 is 0. The van der Waals surface area contributed by atoms with E-state index in [1.54, 1.807) is 30.1 Å². The molecule has 2 aromatic carbocycles. The third kappa shape index (κ3) is 4.18. The lowest BCUT2D eigenvalue weighted by atomic mass is 9.90. The molecule has 11 nitrogen and oxygen atoms in total. The zero-order chi connectivity index (χ0) is 24.5. The highest BCUT2D eigenvalue weighted by molar-refractivity contribution is 5.94. The van der Waals surface area contributed by atoms with Gasteiger partial charge in [-0.2, -0.15) is 9.78 Å². The van der Waals surface area contributed by atoms with E-state index in [-0.39, 0.29) is 24.7 Å². The molecule has 1 N–H and O–H groups in total. The highest BCUT2D eigenvalue weighted by Crippen LogP contribution is 2.50. The van der Waals surface area contributed by atoms with Crippen LogP contribution >= 0.6 is 0 Å². The Morgan fingerprint density at radius 3 is 2.83 bits per heavy atom. The van der Waals surface area contributed by atoms with Crippen LogP contribution in [0, 0.1) is 5.92 Å². The molecule has 1 aromatic heterocycles. The van der Waals surface area contributed by atoms with Gasteiger partial charge in [0.1, 0.15) is 6.04 Å². The zero-order valence-electron chi connectivity index (χ0n) is 20.1. The van der Waals surface area contributed by atoms with Crippen molar-refractivity contribution in [3.8, 4) is 22.9 Å². The lowest BCUT2D eigenvalue weighted by Crippen LogP contribution is -2.35. The fraction of sp³-hybridized carbons (Fsp3) is 0.375. The predicted octanol–water partition coefficient (Wildman–Crippen LogP) is 2.35. The molecular weight excluding hydrogens is 450 g/mol. The Bertz CT molecular complexity index is 1270. The van der Waals surface area contributed by atoms with E-state index in [1.165, 1.54) is 0 Å². The normalized spacial score (nSPS) is 17.1. The van der Waals surface area contributed by atoms with E-state index in [0.29, 0.717) is 28.6 Å². The molecule has 35 heavy (non-hydrogen) atoms. The van der Waals surface area contributed by atoms with Crippen LogP contribution in [0.4, 0.5) is 0 Å². The SMILES string of the molecule is COc1c2c(cc3c1[C@H](c1nnnn1-c1ccc(C(=O)NN=CC(C)C)cc1)N(C)CC3)OCO2. The molecule has 2 aliphatic rings. The number of amides is 1. The molecule has 182 valence electrons. The number of likely N-dealkylation sites (N-methyl/N-ethyl adjacent to an activating group) is 1. The maximum atomic E-state index is 12.4. The number of nitrogens with one attached hydrogen (secondary N) is 1. The van der Waals surface area contributed by atoms with E-state index in [2.05, 4.69) is 31.0 Å². The van der Waals surface area contributed by atoms with Crippen molar-refractivity contribution < 1.29 is 19.0 Å². The highest BCUT2D eigenvalue weighted by atomic mass is 16.7. The lowest BCUT2D eigenvalue weighted by Gasteiger charge is -2.34. The molecule has 0 saturated carbocycles. The summed E-state index contributed by atoms with van der Waals surface area (Å²) in [5, 5.41) is 16.6. The monoisotopic (exact) mass is 477 g/mol. The number of rotatable bonds is 6. The van der Waals surface area contributed by atoms with Gasteiger partial charge >= 0.3 is 0 Å². The number of ether oxygens (including phenoxy) is 3. The first-order chi connectivity index (χ1) is 17.0. The molecule has 0 unspecified atom stereocenters. The van der Waals surface area contributed by atoms with Crippen molar-refractivity contribution in [2.45, 2.75) is 26.3 Å². The van der Waals surface area contributed by atoms with Gasteiger partial charge in [-0.05, 0) is 65.7 Å². The van der Waals surface area contributed by atoms with Crippen LogP contribution in [0.3, 0.4) is 0 Å². The molecule has 1 atom stereocenters. The van der Waals surface area contributed by atoms with Crippen molar-refractivity contribution in [3.05, 3.63) is 52.8 Å². The molecule has 3 aromatic rings. The molecular formula is C24H27N7O4. The van der Waals surface area contributed by atoms with Crippen molar-refractivity contribution in [2.24, 2.45) is 11.0 Å². The smallest absolute Gasteiger partial charge is 0.271 e. The van der Waals surface area contributed by atoms with E-state index in [9.17, 15) is 4.79 Å². The number of hydrogen-bond acceptors (Lipinski definition) is 9. The fourth-order valence-electron chi connectivity index (χ4n) is 4.37. The molecule has 0 spiro atoms. The van der Waals surface area contributed by atoms with Gasteiger partial charge in [0, 0.05) is 23.9 Å². The maximum absolute atomic E-state index is 12.4. The number of carbonyl (C=O) groups is 1. The first kappa shape index (κ1) is 22.8. The lowest BCUT2D eigenvalue weighted by molar-refractivity contribution is 0.0955. The number of hydrogen-bond donors (Lipinski definition) is 1. The van der Waals surface area contributed by atoms with E-state index in [0.717, 1.165) is 29.8 Å². The number of fused-ring (bicyclic) bond motifs is 2. The van der Waals surface area contributed by atoms with Gasteiger partial charge in [-0.1, -0.05) is 13.8 Å². The van der Waals surface area contributed by atoms with E-state index in [1.807, 2.05) is 39.1 Å². The summed E-state index contributed by atoms with van der Waals surface area (Å²) in [7, 11) is 3.66. The molecule has 0 radical (unpaired) electrons. The Labute approximate surface area is 202 Å². The number of nitrogens with zero attached hydrogens (tertiary/aromatic N) is 6. The molecule has 0 saturated heterocycles. The van der Waals surface area contributed by atoms with E-state index < -0.39 is 0 Å². The van der Waals surface area contributed by atoms with Crippen molar-refractivity contribution in [1.29, 1.82) is 0 Å². The quantitative estimate of drug-likeness (QED) is 0.425. The zero-order valence-corrected chi connectivity index (χ0v) is 20.1. The number of tetrazole rings is 1. The van der Waals surface area contributed by atoms with Crippen LogP contribution in [0.25, 0.3) is 5.69 Å². The van der Waals surface area contributed by atoms with Gasteiger partial charge in [0.2, 0.25) is 12.5 Å². The summed E-state index contributed by atoms with van der Waals surface area (Å²) in [5.74, 6) is 2.51. The Kier molecular flexibility index (Phi) is 6.08. The molecule has 5 rings (SSSR count). The standard InChI is InChI=1S/C24H27N7O4/c1-14(2)12-25-27-24(32)15-5-7-17(8-6-15)31-23(26-28-29-31)20-19-16(9-10-30(20)3)11-18-21(22(19)33-4)35-13-34-18/h5-8,11-12,14,20H,9-10,13H2,1-4H3,(H,27,32)/t20-/m1/s1. The Morgan fingerprint density at radius 2 is 2.09 bits per heavy atom. The van der Waals surface area contributed by atoms with Crippen molar-refractivity contribution in [3.63, 3.8) is 0 Å². The van der Waals surface area contributed by atoms with Crippen LogP contribution < -0.4 is 19.6 Å². The van der Waals surface area contributed by atoms with Crippen LogP contribution in [-0.2, 0) is 6.42 Å². The number of benzene rings is 2. The second-order valence-corrected chi connectivity index (χ2v) is 8.81. The number of carbonyl (C=O) groups excluding carboxylic acids is 1. The summed E-state index contributed by atoms with van der Waals surface area (Å²) in [5.41, 5.74) is 5.82. The largest absolute Gasteiger partial charge is 0.492 e. The van der Waals surface area contributed by atoms with Gasteiger partial charge in [-0.15, -0.1) is 5.10 Å². The summed E-state index contributed by atoms with van der Waals surface area (Å²) in [6, 6.07) is 8.80. The minimum absolute atomic E-state index is 0.162. The number of hydrazone groups is 1. The predicted molar refractivity (Wildman–Crippen MR) is 127 cm³/mol. The highest BCUT2D eigenvalue weighted by Gasteiger charge is 2.37. The van der Waals surface area contributed by atoms with Crippen LogP contribution in [-0.4, -0.2) is 64.7 Å². The van der Waals surface area contributed by atoms with Crippen molar-refractivity contribution in [2.75, 3.05) is 27.5 Å². The second-order valence-electron chi connectivity index (χ2n) is 8.81. The molecule has 2 aliphatic heterocycles. The Balaban J connectivity index is 1.49. The molecule has 3 heterocycles. The van der Waals surface area contributed by atoms with Crippen molar-refractivity contribution in [1.82, 2.24) is 30.5 Å². The minimum Gasteiger partial charge on any atom is -0.492 e. The molecule has 0 bridgehead atoms. The summed E-state index contributed by atoms with van der Waals surface area (Å²) in [4.78, 5) is 14.6. The maximum Gasteiger partial charge on any atom is 0.271 e. The third-order valence-corrected chi connectivity index (χ3v) is 6.05. The molecule has 1 amide bonds. The topological polar surface area (TPSA) is 116 Å². The average Bonchev–Trinajstić information content (AvgIpc) is 3.52. The summed E-state index contributed by atoms with van der Waals surface area (Å²) in [6.45, 7) is 4.94. The Morgan fingerprint density at radius 1 is 1.29 bits per heavy atom. The van der Waals surface area contributed by atoms with Gasteiger partial charge in [-0.3, -0.25) is 9.69 Å². The van der Waals surface area contributed by atoms with E-state index in [4.69, 9.17) is 14.2 Å². The fourth-order valence-corrected chi connectivity index (χ4v) is 4.37. The van der Waals surface area contributed by atoms with Crippen LogP contribution in [0.1, 0.15) is 47.2 Å². The van der Waals surface area contributed by atoms with Crippen LogP contribution in [0.5, 0.6) is 17.2 Å². The Hall–Kier alpha value is -3.99. The van der Waals surface area contributed by atoms with Crippen LogP contribution in [0.2, 0.25) is 0 Å². The average molecular weight is 478 g/mol. The number of aromatic nitrogens is 4. The number of methoxy groups -OCH3 is 1. The van der Waals surface area contributed by atoms with Gasteiger partial charge in [0.25, 0.3) is 5.91 Å². The van der Waals surface area contributed by atoms with Gasteiger partial charge < -0.3 is 14.2 Å². The van der Waals surface area contributed by atoms with Crippen molar-refractivity contribution >= 4 is 12.1 Å². The molecule has 0 fully saturated rings. The molecule has 11 heteroatoms. The summed E-state index contributed by atoms with van der Waals surface area (Å²) in [6.07, 6.45) is 2.51. The molecule has 0 aliphatic carbocycles. The van der Waals surface area contributed by atoms with Gasteiger partial charge in [0.05, 0.1) is 12.8 Å². The second kappa shape index (κ2) is 9.34. The summed E-state index contributed by atoms with van der Waals surface area (Å²) < 4.78 is 18.8. The van der Waals surface area contributed by atoms with Gasteiger partial charge in [-0.25, -0.2) is 5.43 Å².